The number of carbonyl (C=O) groups excluding carboxylic acids is 2. The minimum atomic E-state index is -0.168. The van der Waals surface area contributed by atoms with Crippen LogP contribution in [0.15, 0.2) is 30.3 Å². The van der Waals surface area contributed by atoms with Crippen molar-refractivity contribution >= 4 is 11.8 Å². The van der Waals surface area contributed by atoms with E-state index in [1.54, 1.807) is 12.1 Å². The minimum Gasteiger partial charge on any atom is -0.349 e. The molecule has 6 nitrogen and oxygen atoms in total. The van der Waals surface area contributed by atoms with Crippen LogP contribution < -0.4 is 10.6 Å². The van der Waals surface area contributed by atoms with Gasteiger partial charge in [0.1, 0.15) is 0 Å². The molecule has 25 heavy (non-hydrogen) atoms. The van der Waals surface area contributed by atoms with Gasteiger partial charge in [-0.1, -0.05) is 18.2 Å². The zero-order valence-electron chi connectivity index (χ0n) is 14.9. The number of likely N-dealkylation sites (tertiary alicyclic amines) is 1. The van der Waals surface area contributed by atoms with Gasteiger partial charge in [-0.3, -0.25) is 14.5 Å². The predicted octanol–water partition coefficient (Wildman–Crippen LogP) is 0.701. The second-order valence-corrected chi connectivity index (χ2v) is 7.01. The van der Waals surface area contributed by atoms with Crippen LogP contribution in [-0.2, 0) is 4.79 Å². The van der Waals surface area contributed by atoms with Crippen LogP contribution in [0.25, 0.3) is 0 Å². The molecular formula is C19H28N4O2. The molecule has 2 saturated heterocycles. The van der Waals surface area contributed by atoms with Crippen LogP contribution in [0.1, 0.15) is 30.1 Å². The first-order valence-corrected chi connectivity index (χ1v) is 9.22. The van der Waals surface area contributed by atoms with E-state index in [0.29, 0.717) is 18.0 Å². The van der Waals surface area contributed by atoms with Crippen LogP contribution in [0.4, 0.5) is 0 Å². The van der Waals surface area contributed by atoms with Gasteiger partial charge in [-0.25, -0.2) is 0 Å². The van der Waals surface area contributed by atoms with Gasteiger partial charge in [-0.05, 0) is 25.5 Å². The zero-order valence-corrected chi connectivity index (χ0v) is 14.9. The van der Waals surface area contributed by atoms with Gasteiger partial charge in [0.2, 0.25) is 5.91 Å². The molecule has 136 valence electrons. The molecule has 2 heterocycles. The molecule has 3 rings (SSSR count). The Bertz CT molecular complexity index is 586. The van der Waals surface area contributed by atoms with E-state index in [1.807, 2.05) is 30.0 Å². The number of piperazine rings is 1. The number of amides is 2. The standard InChI is InChI=1S/C19H28N4O2/c1-15(21-19(25)16-5-3-2-4-6-16)13-18(24)23-10-7-17(14-23)22-11-8-20-9-12-22/h2-6,15,17,20H,7-14H2,1H3,(H,21,25). The third kappa shape index (κ3) is 4.80. The molecule has 2 atom stereocenters. The Morgan fingerprint density at radius 2 is 1.92 bits per heavy atom. The number of rotatable bonds is 5. The lowest BCUT2D eigenvalue weighted by Gasteiger charge is -2.32. The molecule has 0 aromatic heterocycles. The molecule has 2 aliphatic rings. The largest absolute Gasteiger partial charge is 0.349 e. The summed E-state index contributed by atoms with van der Waals surface area (Å²) in [5, 5.41) is 6.29. The molecule has 0 radical (unpaired) electrons. The van der Waals surface area contributed by atoms with Crippen LogP contribution in [0.2, 0.25) is 0 Å². The van der Waals surface area contributed by atoms with E-state index in [0.717, 1.165) is 45.7 Å². The summed E-state index contributed by atoms with van der Waals surface area (Å²) in [6.07, 6.45) is 1.41. The average Bonchev–Trinajstić information content (AvgIpc) is 3.13. The van der Waals surface area contributed by atoms with Gasteiger partial charge in [0, 0.05) is 63.3 Å². The summed E-state index contributed by atoms with van der Waals surface area (Å²) in [7, 11) is 0. The van der Waals surface area contributed by atoms with Crippen molar-refractivity contribution in [2.45, 2.75) is 31.8 Å². The van der Waals surface area contributed by atoms with Gasteiger partial charge in [-0.15, -0.1) is 0 Å². The molecule has 1 aromatic carbocycles. The average molecular weight is 344 g/mol. The van der Waals surface area contributed by atoms with Gasteiger partial charge in [0.05, 0.1) is 0 Å². The fraction of sp³-hybridized carbons (Fsp3) is 0.579. The van der Waals surface area contributed by atoms with Crippen molar-refractivity contribution < 1.29 is 9.59 Å². The maximum atomic E-state index is 12.5. The normalized spacial score (nSPS) is 22.6. The van der Waals surface area contributed by atoms with Gasteiger partial charge in [-0.2, -0.15) is 0 Å². The first-order chi connectivity index (χ1) is 12.1. The number of benzene rings is 1. The predicted molar refractivity (Wildman–Crippen MR) is 97.4 cm³/mol. The maximum absolute atomic E-state index is 12.5. The van der Waals surface area contributed by atoms with Crippen molar-refractivity contribution in [2.24, 2.45) is 0 Å². The van der Waals surface area contributed by atoms with Gasteiger partial charge < -0.3 is 15.5 Å². The summed E-state index contributed by atoms with van der Waals surface area (Å²) >= 11 is 0. The fourth-order valence-electron chi connectivity index (χ4n) is 3.65. The molecule has 0 spiro atoms. The van der Waals surface area contributed by atoms with E-state index >= 15 is 0 Å². The van der Waals surface area contributed by atoms with Crippen molar-refractivity contribution in [3.05, 3.63) is 35.9 Å². The Balaban J connectivity index is 1.45. The van der Waals surface area contributed by atoms with Crippen molar-refractivity contribution in [3.8, 4) is 0 Å². The molecule has 2 amide bonds. The molecule has 0 bridgehead atoms. The van der Waals surface area contributed by atoms with Crippen LogP contribution in [0, 0.1) is 0 Å². The lowest BCUT2D eigenvalue weighted by atomic mass is 10.1. The molecule has 0 aliphatic carbocycles. The van der Waals surface area contributed by atoms with E-state index in [4.69, 9.17) is 0 Å². The van der Waals surface area contributed by atoms with Crippen molar-refractivity contribution in [2.75, 3.05) is 39.3 Å². The van der Waals surface area contributed by atoms with E-state index in [1.165, 1.54) is 0 Å². The molecule has 2 N–H and O–H groups in total. The van der Waals surface area contributed by atoms with E-state index in [2.05, 4.69) is 15.5 Å². The van der Waals surface area contributed by atoms with Crippen LogP contribution >= 0.6 is 0 Å². The Hall–Kier alpha value is -1.92. The SMILES string of the molecule is CC(CC(=O)N1CCC(N2CCNCC2)C1)NC(=O)c1ccccc1. The third-order valence-electron chi connectivity index (χ3n) is 5.08. The molecule has 2 fully saturated rings. The topological polar surface area (TPSA) is 64.7 Å². The first kappa shape index (κ1) is 17.9. The summed E-state index contributed by atoms with van der Waals surface area (Å²) in [5.74, 6) is 0.0134. The summed E-state index contributed by atoms with van der Waals surface area (Å²) < 4.78 is 0. The lowest BCUT2D eigenvalue weighted by molar-refractivity contribution is -0.130. The Morgan fingerprint density at radius 1 is 1.20 bits per heavy atom. The molecule has 6 heteroatoms. The van der Waals surface area contributed by atoms with E-state index in [9.17, 15) is 9.59 Å². The van der Waals surface area contributed by atoms with E-state index < -0.39 is 0 Å². The number of hydrogen-bond donors (Lipinski definition) is 2. The number of hydrogen-bond acceptors (Lipinski definition) is 4. The Kier molecular flexibility index (Phi) is 6.04. The van der Waals surface area contributed by atoms with Crippen molar-refractivity contribution in [3.63, 3.8) is 0 Å². The highest BCUT2D eigenvalue weighted by Crippen LogP contribution is 2.17. The highest BCUT2D eigenvalue weighted by molar-refractivity contribution is 5.94. The molecule has 0 saturated carbocycles. The number of nitrogens with zero attached hydrogens (tertiary/aromatic N) is 2. The van der Waals surface area contributed by atoms with Crippen molar-refractivity contribution in [1.29, 1.82) is 0 Å². The number of nitrogens with one attached hydrogen (secondary N) is 2. The minimum absolute atomic E-state index is 0.124. The summed E-state index contributed by atoms with van der Waals surface area (Å²) in [6.45, 7) is 7.74. The van der Waals surface area contributed by atoms with Crippen LogP contribution in [-0.4, -0.2) is 73.0 Å². The fourth-order valence-corrected chi connectivity index (χ4v) is 3.65. The lowest BCUT2D eigenvalue weighted by Crippen LogP contribution is -2.49. The van der Waals surface area contributed by atoms with Crippen molar-refractivity contribution in [1.82, 2.24) is 20.4 Å². The Morgan fingerprint density at radius 3 is 2.64 bits per heavy atom. The molecule has 2 unspecified atom stereocenters. The summed E-state index contributed by atoms with van der Waals surface area (Å²) in [5.41, 5.74) is 0.627. The first-order valence-electron chi connectivity index (χ1n) is 9.22. The highest BCUT2D eigenvalue weighted by Gasteiger charge is 2.31. The summed E-state index contributed by atoms with van der Waals surface area (Å²) in [4.78, 5) is 29.2. The molecular weight excluding hydrogens is 316 g/mol. The van der Waals surface area contributed by atoms with Gasteiger partial charge in [0.15, 0.2) is 0 Å². The van der Waals surface area contributed by atoms with Crippen LogP contribution in [0.5, 0.6) is 0 Å². The zero-order chi connectivity index (χ0) is 17.6. The molecule has 2 aliphatic heterocycles. The second kappa shape index (κ2) is 8.45. The molecule has 1 aromatic rings. The smallest absolute Gasteiger partial charge is 0.251 e. The quantitative estimate of drug-likeness (QED) is 0.825. The van der Waals surface area contributed by atoms with Gasteiger partial charge >= 0.3 is 0 Å². The second-order valence-electron chi connectivity index (χ2n) is 7.01. The Labute approximate surface area is 149 Å². The maximum Gasteiger partial charge on any atom is 0.251 e. The van der Waals surface area contributed by atoms with Crippen LogP contribution in [0.3, 0.4) is 0 Å². The number of carbonyl (C=O) groups is 2. The van der Waals surface area contributed by atoms with E-state index in [-0.39, 0.29) is 17.9 Å². The third-order valence-corrected chi connectivity index (χ3v) is 5.08. The van der Waals surface area contributed by atoms with Gasteiger partial charge in [0.25, 0.3) is 5.91 Å². The summed E-state index contributed by atoms with van der Waals surface area (Å²) in [6, 6.07) is 9.44. The highest BCUT2D eigenvalue weighted by atomic mass is 16.2. The monoisotopic (exact) mass is 344 g/mol.